The van der Waals surface area contributed by atoms with Gasteiger partial charge in [0.25, 0.3) is 11.1 Å². The van der Waals surface area contributed by atoms with Crippen molar-refractivity contribution in [2.45, 2.75) is 12.7 Å². The van der Waals surface area contributed by atoms with Crippen molar-refractivity contribution in [1.29, 1.82) is 0 Å². The molecule has 150 valence electrons. The van der Waals surface area contributed by atoms with E-state index in [-0.39, 0.29) is 17.0 Å². The van der Waals surface area contributed by atoms with Gasteiger partial charge in [0.1, 0.15) is 11.3 Å². The van der Waals surface area contributed by atoms with Crippen LogP contribution in [0.25, 0.3) is 6.08 Å². The Morgan fingerprint density at radius 3 is 2.34 bits per heavy atom. The number of imide groups is 1. The number of nitrogens with zero attached hydrogens (tertiary/aromatic N) is 1. The molecule has 0 spiro atoms. The van der Waals surface area contributed by atoms with Gasteiger partial charge in [-0.2, -0.15) is 13.2 Å². The van der Waals surface area contributed by atoms with Crippen molar-refractivity contribution in [2.75, 3.05) is 0 Å². The number of aromatic carboxylic acids is 1. The van der Waals surface area contributed by atoms with E-state index in [2.05, 4.69) is 0 Å². The Morgan fingerprint density at radius 2 is 1.76 bits per heavy atom. The lowest BCUT2D eigenvalue weighted by Crippen LogP contribution is -2.27. The number of amides is 2. The lowest BCUT2D eigenvalue weighted by atomic mass is 10.1. The molecular weight excluding hydrogens is 411 g/mol. The first-order valence-corrected chi connectivity index (χ1v) is 8.86. The van der Waals surface area contributed by atoms with Crippen molar-refractivity contribution in [3.8, 4) is 5.75 Å². The van der Waals surface area contributed by atoms with Crippen LogP contribution in [0.2, 0.25) is 0 Å². The maximum absolute atomic E-state index is 12.6. The summed E-state index contributed by atoms with van der Waals surface area (Å²) in [5.74, 6) is -2.44. The average Bonchev–Trinajstić information content (AvgIpc) is 2.90. The predicted octanol–water partition coefficient (Wildman–Crippen LogP) is 4.35. The third-order valence-corrected chi connectivity index (χ3v) is 4.95. The Balaban J connectivity index is 1.80. The summed E-state index contributed by atoms with van der Waals surface area (Å²) in [6, 6.07) is 7.81. The monoisotopic (exact) mass is 423 g/mol. The normalized spacial score (nSPS) is 16.0. The summed E-state index contributed by atoms with van der Waals surface area (Å²) in [5, 5.41) is 18.0. The van der Waals surface area contributed by atoms with Crippen molar-refractivity contribution < 1.29 is 37.8 Å². The van der Waals surface area contributed by atoms with E-state index in [1.54, 1.807) is 0 Å². The molecule has 1 saturated heterocycles. The fraction of sp³-hybridized carbons (Fsp3) is 0.105. The summed E-state index contributed by atoms with van der Waals surface area (Å²) in [7, 11) is 0. The lowest BCUT2D eigenvalue weighted by molar-refractivity contribution is -0.137. The minimum Gasteiger partial charge on any atom is -0.507 e. The van der Waals surface area contributed by atoms with Crippen LogP contribution in [0.4, 0.5) is 18.0 Å². The molecule has 0 bridgehead atoms. The smallest absolute Gasteiger partial charge is 0.416 e. The Morgan fingerprint density at radius 1 is 1.10 bits per heavy atom. The van der Waals surface area contributed by atoms with Gasteiger partial charge in [-0.1, -0.05) is 18.2 Å². The number of hydrogen-bond acceptors (Lipinski definition) is 5. The highest BCUT2D eigenvalue weighted by Crippen LogP contribution is 2.34. The van der Waals surface area contributed by atoms with Gasteiger partial charge in [0, 0.05) is 0 Å². The van der Waals surface area contributed by atoms with Gasteiger partial charge in [-0.25, -0.2) is 4.79 Å². The molecule has 10 heteroatoms. The van der Waals surface area contributed by atoms with Gasteiger partial charge >= 0.3 is 12.1 Å². The van der Waals surface area contributed by atoms with Crippen molar-refractivity contribution in [3.63, 3.8) is 0 Å². The molecule has 2 amide bonds. The molecule has 2 N–H and O–H groups in total. The molecule has 2 aromatic carbocycles. The van der Waals surface area contributed by atoms with Gasteiger partial charge in [0.15, 0.2) is 0 Å². The summed E-state index contributed by atoms with van der Waals surface area (Å²) >= 11 is 0.630. The summed E-state index contributed by atoms with van der Waals surface area (Å²) in [4.78, 5) is 36.7. The zero-order valence-corrected chi connectivity index (χ0v) is 15.3. The number of carboxylic acid groups (broad SMARTS) is 1. The Hall–Kier alpha value is -3.27. The highest BCUT2D eigenvalue weighted by Gasteiger charge is 2.35. The van der Waals surface area contributed by atoms with Gasteiger partial charge in [-0.15, -0.1) is 0 Å². The number of carbonyl (C=O) groups is 3. The largest absolute Gasteiger partial charge is 0.507 e. The lowest BCUT2D eigenvalue weighted by Gasteiger charge is -2.13. The van der Waals surface area contributed by atoms with E-state index < -0.39 is 34.6 Å². The fourth-order valence-electron chi connectivity index (χ4n) is 2.58. The van der Waals surface area contributed by atoms with E-state index in [4.69, 9.17) is 5.11 Å². The van der Waals surface area contributed by atoms with Crippen molar-refractivity contribution in [2.24, 2.45) is 0 Å². The number of carboxylic acids is 1. The van der Waals surface area contributed by atoms with Gasteiger partial charge in [0.05, 0.1) is 17.0 Å². The summed E-state index contributed by atoms with van der Waals surface area (Å²) in [5.41, 5.74) is -0.556. The molecule has 0 aliphatic carbocycles. The second-order valence-electron chi connectivity index (χ2n) is 6.04. The number of hydrogen-bond donors (Lipinski definition) is 2. The maximum atomic E-state index is 12.6. The van der Waals surface area contributed by atoms with Crippen LogP contribution in [0.5, 0.6) is 5.75 Å². The van der Waals surface area contributed by atoms with E-state index >= 15 is 0 Å². The predicted molar refractivity (Wildman–Crippen MR) is 98.0 cm³/mol. The van der Waals surface area contributed by atoms with Crippen LogP contribution < -0.4 is 0 Å². The number of carbonyl (C=O) groups excluding carboxylic acids is 2. The van der Waals surface area contributed by atoms with E-state index in [1.807, 2.05) is 0 Å². The Labute approximate surface area is 166 Å². The molecular formula is C19H12F3NO5S. The van der Waals surface area contributed by atoms with E-state index in [9.17, 15) is 32.7 Å². The summed E-state index contributed by atoms with van der Waals surface area (Å²) < 4.78 is 37.9. The van der Waals surface area contributed by atoms with E-state index in [0.29, 0.717) is 22.9 Å². The zero-order valence-electron chi connectivity index (χ0n) is 14.4. The average molecular weight is 423 g/mol. The maximum Gasteiger partial charge on any atom is 0.416 e. The van der Waals surface area contributed by atoms with Gasteiger partial charge in [0.2, 0.25) is 0 Å². The second kappa shape index (κ2) is 7.63. The second-order valence-corrected chi connectivity index (χ2v) is 7.04. The van der Waals surface area contributed by atoms with Crippen LogP contribution in [-0.2, 0) is 17.5 Å². The van der Waals surface area contributed by atoms with Crippen molar-refractivity contribution in [1.82, 2.24) is 4.90 Å². The fourth-order valence-corrected chi connectivity index (χ4v) is 3.42. The van der Waals surface area contributed by atoms with Gasteiger partial charge in [-0.3, -0.25) is 14.5 Å². The molecule has 1 aliphatic heterocycles. The molecule has 0 radical (unpaired) electrons. The molecule has 29 heavy (non-hydrogen) atoms. The number of phenols is 1. The molecule has 1 aliphatic rings. The Kier molecular flexibility index (Phi) is 5.38. The minimum absolute atomic E-state index is 0.0314. The number of aromatic hydroxyl groups is 1. The molecule has 1 heterocycles. The number of rotatable bonds is 4. The molecule has 0 saturated carbocycles. The Bertz CT molecular complexity index is 1030. The van der Waals surface area contributed by atoms with Crippen molar-refractivity contribution in [3.05, 3.63) is 69.6 Å². The highest BCUT2D eigenvalue weighted by molar-refractivity contribution is 8.18. The first-order valence-electron chi connectivity index (χ1n) is 8.04. The quantitative estimate of drug-likeness (QED) is 0.711. The van der Waals surface area contributed by atoms with Crippen LogP contribution in [0.1, 0.15) is 27.0 Å². The third-order valence-electron chi connectivity index (χ3n) is 4.04. The first kappa shape index (κ1) is 20.5. The number of benzene rings is 2. The van der Waals surface area contributed by atoms with Gasteiger partial charge in [-0.05, 0) is 53.2 Å². The SMILES string of the molecule is O=C(O)c1cc(C=C2SC(=O)N(Cc3ccc(C(F)(F)F)cc3)C2=O)ccc1O. The first-order chi connectivity index (χ1) is 13.6. The van der Waals surface area contributed by atoms with Gasteiger partial charge < -0.3 is 10.2 Å². The van der Waals surface area contributed by atoms with Crippen LogP contribution >= 0.6 is 11.8 Å². The van der Waals surface area contributed by atoms with Crippen LogP contribution in [-0.4, -0.2) is 32.2 Å². The molecule has 0 atom stereocenters. The van der Waals surface area contributed by atoms with E-state index in [0.717, 1.165) is 29.2 Å². The molecule has 2 aromatic rings. The molecule has 0 unspecified atom stereocenters. The van der Waals surface area contributed by atoms with Crippen LogP contribution in [0.3, 0.4) is 0 Å². The number of alkyl halides is 3. The zero-order chi connectivity index (χ0) is 21.3. The van der Waals surface area contributed by atoms with E-state index in [1.165, 1.54) is 24.3 Å². The molecule has 1 fully saturated rings. The molecule has 6 nitrogen and oxygen atoms in total. The summed E-state index contributed by atoms with van der Waals surface area (Å²) in [6.45, 7) is -0.198. The number of halogens is 3. The third kappa shape index (κ3) is 4.43. The summed E-state index contributed by atoms with van der Waals surface area (Å²) in [6.07, 6.45) is -3.17. The topological polar surface area (TPSA) is 94.9 Å². The molecule has 0 aromatic heterocycles. The van der Waals surface area contributed by atoms with Crippen LogP contribution in [0, 0.1) is 0 Å². The standard InChI is InChI=1S/C19H12F3NO5S/c20-19(21,22)12-4-1-10(2-5-12)9-23-16(25)15(29-18(23)28)8-11-3-6-14(24)13(7-11)17(26)27/h1-8,24H,9H2,(H,26,27). The molecule has 3 rings (SSSR count). The highest BCUT2D eigenvalue weighted by atomic mass is 32.2. The minimum atomic E-state index is -4.48. The number of thioether (sulfide) groups is 1. The van der Waals surface area contributed by atoms with Crippen LogP contribution in [0.15, 0.2) is 47.4 Å². The van der Waals surface area contributed by atoms with Crippen molar-refractivity contribution >= 4 is 35.0 Å².